The summed E-state index contributed by atoms with van der Waals surface area (Å²) in [4.78, 5) is 64.3. The smallest absolute Gasteiger partial charge is 0.389 e. The van der Waals surface area contributed by atoms with E-state index in [0.29, 0.717) is 16.2 Å². The van der Waals surface area contributed by atoms with Crippen LogP contribution in [0.2, 0.25) is 0 Å². The number of methoxy groups -OCH3 is 3. The SMILES string of the molecule is C#CCN1C(=O)COc2cc(F)c(N=c3snc4n3CC(C)(C)C4)cc21.CCS(=O)(=O)c1cccnc1S(=O)(=O)NC(=O)Nc1nc(OC)cc(OC)n1.COc1nc(C)nc(NC(=O)NS(=O)(=O)c2ccccc2CCC(F)(F)F)n1. The van der Waals surface area contributed by atoms with Gasteiger partial charge in [0.25, 0.3) is 26.0 Å². The topological polar surface area (TPSA) is 349 Å². The van der Waals surface area contributed by atoms with Crippen LogP contribution in [0.1, 0.15) is 44.4 Å². The molecule has 5 amide bonds. The molecule has 0 saturated carbocycles. The van der Waals surface area contributed by atoms with Crippen molar-refractivity contribution in [2.24, 2.45) is 10.4 Å². The highest BCUT2D eigenvalue weighted by molar-refractivity contribution is 7.93. The fourth-order valence-electron chi connectivity index (χ4n) is 7.34. The Morgan fingerprint density at radius 1 is 0.878 bits per heavy atom. The summed E-state index contributed by atoms with van der Waals surface area (Å²) in [5, 5.41) is 3.41. The lowest BCUT2D eigenvalue weighted by molar-refractivity contribution is -0.134. The monoisotopic (exact) mass is 1220 g/mol. The Morgan fingerprint density at radius 2 is 1.51 bits per heavy atom. The molecule has 8 rings (SSSR count). The molecule has 438 valence electrons. The molecule has 0 radical (unpaired) electrons. The number of aromatic nitrogens is 8. The molecule has 2 aliphatic rings. The number of amides is 5. The number of alkyl halides is 3. The Bertz CT molecular complexity index is 3840. The standard InChI is InChI=1S/C18H17FN4O2S.C15H16F3N5O4S.C14H17N5O7S2/c1-4-5-22-13-7-12(11(19)6-14(13)25-9-16(22)24)20-17-23-10-18(2,3)8-15(23)21-26-17;1-9-19-12(22-14(20-9)27-2)21-13(24)23-28(25,26)11-6-4-3-5-10(11)7-8-15(16,17)18;1-4-27(21,22)9-6-5-7-15-12(9)28(23,24)19-14(20)18-13-16-10(25-2)8-11(17-13)26-3/h1,6-7H,5,8-10H2,2-3H3;3-6H,7-8H2,1-2H3,(H2,19,20,21,22,23,24);5-8H,4H2,1-3H3,(H2,16,17,18,19,20). The lowest BCUT2D eigenvalue weighted by Gasteiger charge is -2.28. The summed E-state index contributed by atoms with van der Waals surface area (Å²) in [5.41, 5.74) is 0.607. The molecule has 27 nitrogen and oxygen atoms in total. The molecule has 4 aromatic heterocycles. The second-order valence-electron chi connectivity index (χ2n) is 17.7. The first-order valence-corrected chi connectivity index (χ1v) is 28.9. The Hall–Kier alpha value is -8.62. The van der Waals surface area contributed by atoms with Gasteiger partial charge in [0.2, 0.25) is 28.5 Å². The number of carbonyl (C=O) groups is 3. The number of hydrogen-bond donors (Lipinski definition) is 4. The van der Waals surface area contributed by atoms with Crippen LogP contribution in [0.4, 0.5) is 50.4 Å². The molecule has 0 saturated heterocycles. The largest absolute Gasteiger partial charge is 0.481 e. The van der Waals surface area contributed by atoms with Gasteiger partial charge >= 0.3 is 24.2 Å². The molecule has 35 heteroatoms. The predicted octanol–water partition coefficient (Wildman–Crippen LogP) is 4.64. The van der Waals surface area contributed by atoms with E-state index in [1.54, 1.807) is 9.44 Å². The average molecular weight is 1220 g/mol. The first kappa shape index (κ1) is 62.6. The number of nitrogens with zero attached hydrogens (tertiary/aromatic N) is 10. The summed E-state index contributed by atoms with van der Waals surface area (Å²) in [6, 6.07) is 9.04. The van der Waals surface area contributed by atoms with E-state index < -0.39 is 81.6 Å². The molecule has 0 spiro atoms. The molecule has 0 atom stereocenters. The van der Waals surface area contributed by atoms with E-state index >= 15 is 0 Å². The maximum atomic E-state index is 14.5. The second kappa shape index (κ2) is 25.9. The van der Waals surface area contributed by atoms with Gasteiger partial charge < -0.3 is 23.5 Å². The quantitative estimate of drug-likeness (QED) is 0.0803. The number of fused-ring (bicyclic) bond motifs is 2. The number of carbonyl (C=O) groups excluding carboxylic acids is 3. The Labute approximate surface area is 470 Å². The number of sulfonamides is 2. The average Bonchev–Trinajstić information content (AvgIpc) is 3.43. The molecule has 6 heterocycles. The van der Waals surface area contributed by atoms with E-state index in [4.69, 9.17) is 25.4 Å². The van der Waals surface area contributed by atoms with Crippen molar-refractivity contribution in [2.45, 2.75) is 74.5 Å². The summed E-state index contributed by atoms with van der Waals surface area (Å²) in [7, 11) is -8.99. The van der Waals surface area contributed by atoms with Gasteiger partial charge in [-0.25, -0.2) is 50.2 Å². The Morgan fingerprint density at radius 3 is 2.13 bits per heavy atom. The van der Waals surface area contributed by atoms with Crippen LogP contribution < -0.4 is 48.7 Å². The first-order valence-electron chi connectivity index (χ1n) is 23.5. The van der Waals surface area contributed by atoms with Crippen molar-refractivity contribution in [1.29, 1.82) is 0 Å². The lowest BCUT2D eigenvalue weighted by atomic mass is 9.92. The zero-order chi connectivity index (χ0) is 60.4. The second-order valence-corrected chi connectivity index (χ2v) is 23.9. The van der Waals surface area contributed by atoms with Crippen molar-refractivity contribution in [3.05, 3.63) is 88.6 Å². The number of nitrogens with one attached hydrogen (secondary N) is 4. The van der Waals surface area contributed by atoms with Crippen LogP contribution in [0, 0.1) is 30.5 Å². The third-order valence-corrected chi connectivity index (χ3v) is 16.4. The number of urea groups is 2. The molecule has 4 N–H and O–H groups in total. The van der Waals surface area contributed by atoms with Crippen LogP contribution in [0.15, 0.2) is 80.6 Å². The number of benzene rings is 2. The van der Waals surface area contributed by atoms with Crippen molar-refractivity contribution in [2.75, 3.05) is 55.8 Å². The fraction of sp³-hybridized carbons (Fsp3) is 0.340. The normalized spacial score (nSPS) is 13.8. The zero-order valence-electron chi connectivity index (χ0n) is 44.2. The van der Waals surface area contributed by atoms with Crippen molar-refractivity contribution in [1.82, 2.24) is 48.3 Å². The maximum absolute atomic E-state index is 14.5. The van der Waals surface area contributed by atoms with Crippen LogP contribution in [0.5, 0.6) is 23.5 Å². The Balaban J connectivity index is 0.000000198. The number of terminal acetylenes is 1. The van der Waals surface area contributed by atoms with E-state index in [1.165, 1.54) is 94.1 Å². The van der Waals surface area contributed by atoms with Gasteiger partial charge in [-0.05, 0) is 48.6 Å². The molecule has 0 aliphatic carbocycles. The molecule has 2 aliphatic heterocycles. The van der Waals surface area contributed by atoms with E-state index in [9.17, 15) is 57.2 Å². The van der Waals surface area contributed by atoms with Crippen LogP contribution in [-0.2, 0) is 54.1 Å². The molecule has 6 aromatic rings. The number of sulfone groups is 1. The minimum Gasteiger partial charge on any atom is -0.481 e. The van der Waals surface area contributed by atoms with E-state index in [0.717, 1.165) is 37.1 Å². The molecule has 0 fully saturated rings. The van der Waals surface area contributed by atoms with E-state index in [2.05, 4.69) is 69.7 Å². The minimum absolute atomic E-state index is 0.0612. The van der Waals surface area contributed by atoms with E-state index in [-0.39, 0.29) is 77.0 Å². The number of ether oxygens (including phenoxy) is 4. The van der Waals surface area contributed by atoms with Crippen LogP contribution >= 0.6 is 11.5 Å². The maximum Gasteiger partial charge on any atom is 0.389 e. The number of anilines is 3. The molecule has 0 bridgehead atoms. The van der Waals surface area contributed by atoms with Crippen LogP contribution in [-0.4, -0.2) is 128 Å². The molecule has 82 heavy (non-hydrogen) atoms. The zero-order valence-corrected chi connectivity index (χ0v) is 47.5. The van der Waals surface area contributed by atoms with Crippen molar-refractivity contribution in [3.8, 4) is 35.9 Å². The highest BCUT2D eigenvalue weighted by atomic mass is 32.2. The van der Waals surface area contributed by atoms with Gasteiger partial charge in [0.05, 0.1) is 50.3 Å². The van der Waals surface area contributed by atoms with Gasteiger partial charge in [-0.2, -0.15) is 50.9 Å². The number of rotatable bonds is 15. The number of hydrogen-bond acceptors (Lipinski definition) is 22. The fourth-order valence-corrected chi connectivity index (χ4v) is 11.8. The number of halogens is 4. The highest BCUT2D eigenvalue weighted by Crippen LogP contribution is 2.38. The van der Waals surface area contributed by atoms with Crippen LogP contribution in [0.25, 0.3) is 0 Å². The molecule has 2 aromatic carbocycles. The van der Waals surface area contributed by atoms with Gasteiger partial charge in [-0.15, -0.1) is 6.42 Å². The van der Waals surface area contributed by atoms with Gasteiger partial charge in [-0.1, -0.05) is 44.9 Å². The van der Waals surface area contributed by atoms with Crippen LogP contribution in [0.3, 0.4) is 0 Å². The summed E-state index contributed by atoms with van der Waals surface area (Å²) >= 11 is 1.24. The Kier molecular flexibility index (Phi) is 19.7. The predicted molar refractivity (Wildman–Crippen MR) is 284 cm³/mol. The van der Waals surface area contributed by atoms with Crippen molar-refractivity contribution >= 4 is 82.7 Å². The third kappa shape index (κ3) is 16.3. The van der Waals surface area contributed by atoms with Gasteiger partial charge in [-0.3, -0.25) is 20.3 Å². The summed E-state index contributed by atoms with van der Waals surface area (Å²) < 4.78 is 156. The van der Waals surface area contributed by atoms with E-state index in [1.807, 2.05) is 4.57 Å². The molecular formula is C47H50F4N14O13S4. The molecular weight excluding hydrogens is 1170 g/mol. The van der Waals surface area contributed by atoms with Gasteiger partial charge in [0.15, 0.2) is 27.3 Å². The molecule has 0 unspecified atom stereocenters. The van der Waals surface area contributed by atoms with Gasteiger partial charge in [0.1, 0.15) is 28.0 Å². The number of pyridine rings is 1. The third-order valence-electron chi connectivity index (χ3n) is 11.0. The number of aryl methyl sites for hydroxylation is 2. The van der Waals surface area contributed by atoms with Crippen molar-refractivity contribution < 1.29 is 76.1 Å². The first-order chi connectivity index (χ1) is 38.5. The van der Waals surface area contributed by atoms with Gasteiger partial charge in [0, 0.05) is 43.2 Å². The minimum atomic E-state index is -4.61. The summed E-state index contributed by atoms with van der Waals surface area (Å²) in [6.45, 7) is 7.91. The summed E-state index contributed by atoms with van der Waals surface area (Å²) in [6.07, 6.45) is 1.12. The highest BCUT2D eigenvalue weighted by Gasteiger charge is 2.33. The van der Waals surface area contributed by atoms with Crippen molar-refractivity contribution in [3.63, 3.8) is 0 Å². The summed E-state index contributed by atoms with van der Waals surface area (Å²) in [5.74, 6) is 2.35. The lowest BCUT2D eigenvalue weighted by Crippen LogP contribution is -2.39.